The minimum absolute atomic E-state index is 0.378. The zero-order valence-corrected chi connectivity index (χ0v) is 8.67. The van der Waals surface area contributed by atoms with Gasteiger partial charge >= 0.3 is 6.18 Å². The molecule has 0 aliphatic carbocycles. The molecule has 0 aliphatic heterocycles. The first-order valence-corrected chi connectivity index (χ1v) is 4.89. The molecular formula is C11H11F3N2. The number of hydrogen-bond acceptors (Lipinski definition) is 1. The number of hydrogen-bond donors (Lipinski definition) is 1. The molecule has 0 spiro atoms. The number of aryl methyl sites for hydroxylation is 1. The normalized spacial score (nSPS) is 12.2. The molecule has 2 rings (SSSR count). The van der Waals surface area contributed by atoms with Crippen molar-refractivity contribution >= 4 is 16.6 Å². The molecule has 2 N–H and O–H groups in total. The average Bonchev–Trinajstić information content (AvgIpc) is 2.54. The Morgan fingerprint density at radius 3 is 2.56 bits per heavy atom. The van der Waals surface area contributed by atoms with E-state index in [0.717, 1.165) is 17.6 Å². The number of alkyl halides is 3. The third kappa shape index (κ3) is 1.62. The Morgan fingerprint density at radius 1 is 1.31 bits per heavy atom. The van der Waals surface area contributed by atoms with Crippen molar-refractivity contribution in [2.45, 2.75) is 19.6 Å². The van der Waals surface area contributed by atoms with Gasteiger partial charge < -0.3 is 10.3 Å². The van der Waals surface area contributed by atoms with E-state index in [-0.39, 0.29) is 0 Å². The summed E-state index contributed by atoms with van der Waals surface area (Å²) >= 11 is 0. The van der Waals surface area contributed by atoms with Crippen molar-refractivity contribution in [3.63, 3.8) is 0 Å². The van der Waals surface area contributed by atoms with Gasteiger partial charge in [0.1, 0.15) is 0 Å². The van der Waals surface area contributed by atoms with Gasteiger partial charge in [0, 0.05) is 18.1 Å². The molecule has 0 saturated heterocycles. The lowest BCUT2D eigenvalue weighted by Crippen LogP contribution is -2.04. The first kappa shape index (κ1) is 10.9. The predicted octanol–water partition coefficient (Wildman–Crippen LogP) is 3.26. The fourth-order valence-electron chi connectivity index (χ4n) is 1.76. The van der Waals surface area contributed by atoms with Crippen LogP contribution in [0.4, 0.5) is 18.9 Å². The summed E-state index contributed by atoms with van der Waals surface area (Å²) in [5.41, 5.74) is 6.12. The molecule has 0 fully saturated rings. The highest BCUT2D eigenvalue weighted by Crippen LogP contribution is 2.33. The van der Waals surface area contributed by atoms with Crippen LogP contribution in [0.5, 0.6) is 0 Å². The smallest absolute Gasteiger partial charge is 0.397 e. The van der Waals surface area contributed by atoms with Gasteiger partial charge in [-0.3, -0.25) is 0 Å². The number of fused-ring (bicyclic) bond motifs is 1. The predicted molar refractivity (Wildman–Crippen MR) is 57.0 cm³/mol. The van der Waals surface area contributed by atoms with E-state index in [4.69, 9.17) is 5.73 Å². The quantitative estimate of drug-likeness (QED) is 0.797. The molecule has 0 amide bonds. The largest absolute Gasteiger partial charge is 0.416 e. The molecule has 1 aromatic carbocycles. The van der Waals surface area contributed by atoms with Crippen molar-refractivity contribution in [3.8, 4) is 0 Å². The maximum absolute atomic E-state index is 12.5. The van der Waals surface area contributed by atoms with Crippen LogP contribution in [0.2, 0.25) is 0 Å². The Bertz CT molecular complexity index is 526. The van der Waals surface area contributed by atoms with Crippen LogP contribution in [0.25, 0.3) is 10.9 Å². The number of benzene rings is 1. The zero-order valence-electron chi connectivity index (χ0n) is 8.67. The molecule has 0 unspecified atom stereocenters. The molecule has 0 bridgehead atoms. The average molecular weight is 228 g/mol. The summed E-state index contributed by atoms with van der Waals surface area (Å²) in [4.78, 5) is 0. The summed E-state index contributed by atoms with van der Waals surface area (Å²) in [5.74, 6) is 0. The lowest BCUT2D eigenvalue weighted by atomic mass is 10.1. The van der Waals surface area contributed by atoms with Crippen molar-refractivity contribution in [1.82, 2.24) is 4.57 Å². The van der Waals surface area contributed by atoms with Crippen molar-refractivity contribution in [3.05, 3.63) is 30.0 Å². The highest BCUT2D eigenvalue weighted by atomic mass is 19.4. The monoisotopic (exact) mass is 228 g/mol. The van der Waals surface area contributed by atoms with Crippen molar-refractivity contribution in [2.24, 2.45) is 0 Å². The summed E-state index contributed by atoms with van der Waals surface area (Å²) in [5, 5.41) is 0.455. The second-order valence-corrected chi connectivity index (χ2v) is 3.60. The highest BCUT2D eigenvalue weighted by Gasteiger charge is 2.30. The summed E-state index contributed by atoms with van der Waals surface area (Å²) < 4.78 is 39.3. The van der Waals surface area contributed by atoms with Gasteiger partial charge in [-0.25, -0.2) is 0 Å². The fraction of sp³-hybridized carbons (Fsp3) is 0.273. The number of nitrogens with two attached hydrogens (primary N) is 1. The first-order chi connectivity index (χ1) is 7.43. The van der Waals surface area contributed by atoms with Crippen LogP contribution in [0.3, 0.4) is 0 Å². The topological polar surface area (TPSA) is 30.9 Å². The molecule has 0 saturated carbocycles. The summed E-state index contributed by atoms with van der Waals surface area (Å²) in [7, 11) is 0. The maximum Gasteiger partial charge on any atom is 0.416 e. The van der Waals surface area contributed by atoms with E-state index < -0.39 is 11.7 Å². The van der Waals surface area contributed by atoms with Crippen molar-refractivity contribution in [1.29, 1.82) is 0 Å². The molecular weight excluding hydrogens is 217 g/mol. The van der Waals surface area contributed by atoms with E-state index >= 15 is 0 Å². The maximum atomic E-state index is 12.5. The first-order valence-electron chi connectivity index (χ1n) is 4.89. The molecule has 2 nitrogen and oxygen atoms in total. The molecule has 16 heavy (non-hydrogen) atoms. The molecule has 0 aliphatic rings. The van der Waals surface area contributed by atoms with Crippen LogP contribution in [0, 0.1) is 0 Å². The van der Waals surface area contributed by atoms with Crippen molar-refractivity contribution < 1.29 is 13.2 Å². The van der Waals surface area contributed by atoms with Crippen LogP contribution < -0.4 is 5.73 Å². The third-order valence-corrected chi connectivity index (χ3v) is 2.58. The number of halogens is 3. The van der Waals surface area contributed by atoms with E-state index in [0.29, 0.717) is 17.6 Å². The molecule has 1 aromatic heterocycles. The number of nitrogens with zero attached hydrogens (tertiary/aromatic N) is 1. The number of anilines is 1. The second-order valence-electron chi connectivity index (χ2n) is 3.60. The van der Waals surface area contributed by atoms with Crippen LogP contribution in [-0.4, -0.2) is 4.57 Å². The van der Waals surface area contributed by atoms with E-state index in [9.17, 15) is 13.2 Å². The minimum atomic E-state index is -4.32. The fourth-order valence-corrected chi connectivity index (χ4v) is 1.76. The van der Waals surface area contributed by atoms with Gasteiger partial charge in [-0.05, 0) is 25.1 Å². The Labute approximate surface area is 90.5 Å². The second kappa shape index (κ2) is 3.43. The van der Waals surface area contributed by atoms with Crippen LogP contribution in [0.15, 0.2) is 24.4 Å². The van der Waals surface area contributed by atoms with Gasteiger partial charge in [0.2, 0.25) is 0 Å². The number of aromatic nitrogens is 1. The third-order valence-electron chi connectivity index (χ3n) is 2.58. The summed E-state index contributed by atoms with van der Waals surface area (Å²) in [6.07, 6.45) is -2.67. The Morgan fingerprint density at radius 2 is 2.00 bits per heavy atom. The molecule has 0 atom stereocenters. The van der Waals surface area contributed by atoms with E-state index in [2.05, 4.69) is 0 Å². The molecule has 2 aromatic rings. The van der Waals surface area contributed by atoms with E-state index in [1.54, 1.807) is 6.20 Å². The van der Waals surface area contributed by atoms with Crippen LogP contribution >= 0.6 is 0 Å². The summed E-state index contributed by atoms with van der Waals surface area (Å²) in [6, 6.07) is 3.63. The van der Waals surface area contributed by atoms with E-state index in [1.165, 1.54) is 6.07 Å². The van der Waals surface area contributed by atoms with E-state index in [1.807, 2.05) is 11.5 Å². The minimum Gasteiger partial charge on any atom is -0.397 e. The van der Waals surface area contributed by atoms with Gasteiger partial charge in [-0.1, -0.05) is 0 Å². The Hall–Kier alpha value is -1.65. The van der Waals surface area contributed by atoms with Crippen molar-refractivity contribution in [2.75, 3.05) is 5.73 Å². The Balaban J connectivity index is 2.67. The SMILES string of the molecule is CCn1cc(N)c2cc(C(F)(F)F)ccc21. The Kier molecular flexibility index (Phi) is 2.33. The van der Waals surface area contributed by atoms with Gasteiger partial charge in [0.05, 0.1) is 16.8 Å². The molecule has 1 heterocycles. The summed E-state index contributed by atoms with van der Waals surface area (Å²) in [6.45, 7) is 2.59. The van der Waals surface area contributed by atoms with Gasteiger partial charge in [0.15, 0.2) is 0 Å². The van der Waals surface area contributed by atoms with Crippen LogP contribution in [-0.2, 0) is 12.7 Å². The van der Waals surface area contributed by atoms with Gasteiger partial charge in [0.25, 0.3) is 0 Å². The standard InChI is InChI=1S/C11H11F3N2/c1-2-16-6-9(15)8-5-7(11(12,13)14)3-4-10(8)16/h3-6H,2,15H2,1H3. The lowest BCUT2D eigenvalue weighted by molar-refractivity contribution is -0.137. The van der Waals surface area contributed by atoms with Crippen LogP contribution in [0.1, 0.15) is 12.5 Å². The number of rotatable bonds is 1. The molecule has 5 heteroatoms. The lowest BCUT2D eigenvalue weighted by Gasteiger charge is -2.07. The van der Waals surface area contributed by atoms with Gasteiger partial charge in [-0.15, -0.1) is 0 Å². The molecule has 86 valence electrons. The highest BCUT2D eigenvalue weighted by molar-refractivity contribution is 5.92. The number of nitrogen functional groups attached to an aromatic ring is 1. The zero-order chi connectivity index (χ0) is 11.9. The van der Waals surface area contributed by atoms with Gasteiger partial charge in [-0.2, -0.15) is 13.2 Å². The molecule has 0 radical (unpaired) electrons.